The van der Waals surface area contributed by atoms with Gasteiger partial charge in [0.2, 0.25) is 0 Å². The molecule has 0 N–H and O–H groups in total. The first-order valence-electron chi connectivity index (χ1n) is 6.86. The molecule has 0 radical (unpaired) electrons. The molecule has 98 valence electrons. The Bertz CT molecular complexity index is 627. The van der Waals surface area contributed by atoms with Crippen molar-refractivity contribution in [3.05, 3.63) is 39.2 Å². The van der Waals surface area contributed by atoms with Gasteiger partial charge in [-0.2, -0.15) is 0 Å². The van der Waals surface area contributed by atoms with Crippen molar-refractivity contribution in [3.8, 4) is 0 Å². The number of rotatable bonds is 1. The van der Waals surface area contributed by atoms with Crippen LogP contribution >= 0.6 is 0 Å². The second-order valence-electron chi connectivity index (χ2n) is 5.93. The van der Waals surface area contributed by atoms with E-state index in [-0.39, 0.29) is 0 Å². The highest BCUT2D eigenvalue weighted by molar-refractivity contribution is 5.69. The van der Waals surface area contributed by atoms with Crippen molar-refractivity contribution in [2.24, 2.45) is 0 Å². The molecule has 2 aromatic heterocycles. The molecule has 2 aromatic rings. The SMILES string of the molecule is Cc1c(C)c(C(C)C)n2c(C)c(C)c(C)c2c1C. The van der Waals surface area contributed by atoms with Crippen LogP contribution in [0.5, 0.6) is 0 Å². The molecule has 0 fully saturated rings. The minimum atomic E-state index is 0.552. The van der Waals surface area contributed by atoms with E-state index in [0.717, 1.165) is 0 Å². The third-order valence-corrected chi connectivity index (χ3v) is 4.67. The molecule has 0 aliphatic heterocycles. The topological polar surface area (TPSA) is 4.41 Å². The fourth-order valence-corrected chi connectivity index (χ4v) is 3.21. The standard InChI is InChI=1S/C17H25N/c1-9(2)16-12(5)10(3)13(6)17-14(7)11(4)15(8)18(16)17/h9H,1-8H3. The maximum absolute atomic E-state index is 2.49. The summed E-state index contributed by atoms with van der Waals surface area (Å²) < 4.78 is 2.49. The maximum Gasteiger partial charge on any atom is 0.0519 e. The average molecular weight is 243 g/mol. The smallest absolute Gasteiger partial charge is 0.0519 e. The van der Waals surface area contributed by atoms with E-state index < -0.39 is 0 Å². The molecule has 2 rings (SSSR count). The Morgan fingerprint density at radius 1 is 0.667 bits per heavy atom. The third kappa shape index (κ3) is 1.53. The predicted molar refractivity (Wildman–Crippen MR) is 79.9 cm³/mol. The molecule has 0 aliphatic carbocycles. The first-order chi connectivity index (χ1) is 8.29. The Kier molecular flexibility index (Phi) is 3.04. The molecule has 0 aromatic carbocycles. The molecule has 0 aliphatic rings. The molecule has 0 spiro atoms. The number of aromatic nitrogens is 1. The van der Waals surface area contributed by atoms with Crippen LogP contribution in [0.4, 0.5) is 0 Å². The van der Waals surface area contributed by atoms with Gasteiger partial charge in [0.15, 0.2) is 0 Å². The highest BCUT2D eigenvalue weighted by atomic mass is 14.9. The summed E-state index contributed by atoms with van der Waals surface area (Å²) in [4.78, 5) is 0. The quantitative estimate of drug-likeness (QED) is 0.670. The van der Waals surface area contributed by atoms with Crippen molar-refractivity contribution >= 4 is 5.52 Å². The summed E-state index contributed by atoms with van der Waals surface area (Å²) in [7, 11) is 0. The van der Waals surface area contributed by atoms with Crippen molar-refractivity contribution in [3.63, 3.8) is 0 Å². The summed E-state index contributed by atoms with van der Waals surface area (Å²) in [5.74, 6) is 0.552. The summed E-state index contributed by atoms with van der Waals surface area (Å²) >= 11 is 0. The van der Waals surface area contributed by atoms with Gasteiger partial charge in [0.1, 0.15) is 0 Å². The molecule has 1 nitrogen and oxygen atoms in total. The van der Waals surface area contributed by atoms with Crippen LogP contribution in [0.25, 0.3) is 5.52 Å². The molecule has 0 unspecified atom stereocenters. The van der Waals surface area contributed by atoms with Gasteiger partial charge in [-0.15, -0.1) is 0 Å². The second-order valence-corrected chi connectivity index (χ2v) is 5.93. The van der Waals surface area contributed by atoms with Crippen LogP contribution in [0.1, 0.15) is 59.0 Å². The van der Waals surface area contributed by atoms with E-state index in [1.807, 2.05) is 0 Å². The molecule has 0 atom stereocenters. The van der Waals surface area contributed by atoms with Gasteiger partial charge >= 0.3 is 0 Å². The fraction of sp³-hybridized carbons (Fsp3) is 0.529. The number of hydrogen-bond acceptors (Lipinski definition) is 0. The predicted octanol–water partition coefficient (Wildman–Crippen LogP) is 4.91. The van der Waals surface area contributed by atoms with Gasteiger partial charge in [0.25, 0.3) is 0 Å². The van der Waals surface area contributed by atoms with Crippen LogP contribution in [-0.2, 0) is 0 Å². The minimum absolute atomic E-state index is 0.552. The number of aryl methyl sites for hydroxylation is 3. The van der Waals surface area contributed by atoms with Crippen LogP contribution in [-0.4, -0.2) is 4.40 Å². The summed E-state index contributed by atoms with van der Waals surface area (Å²) in [6.45, 7) is 18.1. The lowest BCUT2D eigenvalue weighted by Crippen LogP contribution is -2.08. The van der Waals surface area contributed by atoms with E-state index in [4.69, 9.17) is 0 Å². The number of hydrogen-bond donors (Lipinski definition) is 0. The molecule has 0 saturated carbocycles. The van der Waals surface area contributed by atoms with Crippen LogP contribution in [0, 0.1) is 41.5 Å². The fourth-order valence-electron chi connectivity index (χ4n) is 3.21. The molecule has 2 heterocycles. The Morgan fingerprint density at radius 3 is 1.67 bits per heavy atom. The van der Waals surface area contributed by atoms with Gasteiger partial charge in [-0.05, 0) is 75.3 Å². The molecule has 0 bridgehead atoms. The van der Waals surface area contributed by atoms with Crippen molar-refractivity contribution < 1.29 is 0 Å². The summed E-state index contributed by atoms with van der Waals surface area (Å²) in [6, 6.07) is 0. The zero-order chi connectivity index (χ0) is 13.8. The van der Waals surface area contributed by atoms with Gasteiger partial charge in [-0.25, -0.2) is 0 Å². The van der Waals surface area contributed by atoms with Crippen molar-refractivity contribution in [2.45, 2.75) is 61.3 Å². The highest BCUT2D eigenvalue weighted by Gasteiger charge is 2.19. The van der Waals surface area contributed by atoms with E-state index in [1.54, 1.807) is 0 Å². The van der Waals surface area contributed by atoms with Gasteiger partial charge in [-0.3, -0.25) is 0 Å². The zero-order valence-electron chi connectivity index (χ0n) is 13.0. The zero-order valence-corrected chi connectivity index (χ0v) is 13.0. The van der Waals surface area contributed by atoms with Gasteiger partial charge in [0.05, 0.1) is 5.52 Å². The van der Waals surface area contributed by atoms with E-state index >= 15 is 0 Å². The maximum atomic E-state index is 2.49. The Hall–Kier alpha value is -1.24. The molecule has 18 heavy (non-hydrogen) atoms. The Morgan fingerprint density at radius 2 is 1.17 bits per heavy atom. The average Bonchev–Trinajstić information content (AvgIpc) is 2.51. The number of pyridine rings is 1. The normalized spacial score (nSPS) is 11.8. The lowest BCUT2D eigenvalue weighted by molar-refractivity contribution is 0.776. The van der Waals surface area contributed by atoms with Crippen LogP contribution in [0.3, 0.4) is 0 Å². The molecule has 0 saturated heterocycles. The lowest BCUT2D eigenvalue weighted by atomic mass is 9.96. The van der Waals surface area contributed by atoms with Crippen LogP contribution in [0.15, 0.2) is 0 Å². The van der Waals surface area contributed by atoms with E-state index in [1.165, 1.54) is 44.7 Å². The van der Waals surface area contributed by atoms with E-state index in [9.17, 15) is 0 Å². The van der Waals surface area contributed by atoms with E-state index in [0.29, 0.717) is 5.92 Å². The van der Waals surface area contributed by atoms with Crippen molar-refractivity contribution in [2.75, 3.05) is 0 Å². The minimum Gasteiger partial charge on any atom is -0.317 e. The highest BCUT2D eigenvalue weighted by Crippen LogP contribution is 2.33. The lowest BCUT2D eigenvalue weighted by Gasteiger charge is -2.20. The number of fused-ring (bicyclic) bond motifs is 1. The first kappa shape index (κ1) is 13.2. The summed E-state index contributed by atoms with van der Waals surface area (Å²) in [5, 5.41) is 0. The second kappa shape index (κ2) is 4.15. The molecular formula is C17H25N. The summed E-state index contributed by atoms with van der Waals surface area (Å²) in [6.07, 6.45) is 0. The van der Waals surface area contributed by atoms with Gasteiger partial charge in [0, 0.05) is 11.4 Å². The molecule has 0 amide bonds. The van der Waals surface area contributed by atoms with E-state index in [2.05, 4.69) is 59.8 Å². The molecular weight excluding hydrogens is 218 g/mol. The van der Waals surface area contributed by atoms with Gasteiger partial charge < -0.3 is 4.40 Å². The van der Waals surface area contributed by atoms with Gasteiger partial charge in [-0.1, -0.05) is 13.8 Å². The Labute approximate surface area is 111 Å². The first-order valence-corrected chi connectivity index (χ1v) is 6.86. The van der Waals surface area contributed by atoms with Crippen LogP contribution in [0.2, 0.25) is 0 Å². The largest absolute Gasteiger partial charge is 0.317 e. The van der Waals surface area contributed by atoms with Crippen molar-refractivity contribution in [1.29, 1.82) is 0 Å². The Balaban J connectivity index is 3.13. The number of nitrogens with zero attached hydrogens (tertiary/aromatic N) is 1. The summed E-state index contributed by atoms with van der Waals surface area (Å²) in [5.41, 5.74) is 11.5. The molecule has 1 heteroatoms. The monoisotopic (exact) mass is 243 g/mol. The van der Waals surface area contributed by atoms with Crippen molar-refractivity contribution in [1.82, 2.24) is 4.40 Å². The third-order valence-electron chi connectivity index (χ3n) is 4.67. The van der Waals surface area contributed by atoms with Crippen LogP contribution < -0.4 is 0 Å².